The van der Waals surface area contributed by atoms with Crippen LogP contribution in [0.5, 0.6) is 0 Å². The number of carbonyl (C=O) groups is 2. The molecule has 0 radical (unpaired) electrons. The molecule has 0 aromatic heterocycles. The Hall–Kier alpha value is -1.23. The van der Waals surface area contributed by atoms with Gasteiger partial charge in [0.15, 0.2) is 0 Å². The topological polar surface area (TPSA) is 37.4 Å². The van der Waals surface area contributed by atoms with Gasteiger partial charge in [0.05, 0.1) is 6.54 Å². The number of hydrogen-bond acceptors (Lipinski definition) is 2. The Kier molecular flexibility index (Phi) is 4.11. The molecule has 0 atom stereocenters. The van der Waals surface area contributed by atoms with E-state index in [9.17, 15) is 14.0 Å². The van der Waals surface area contributed by atoms with Crippen LogP contribution >= 0.6 is 15.9 Å². The van der Waals surface area contributed by atoms with Crippen LogP contribution in [-0.4, -0.2) is 16.7 Å². The Morgan fingerprint density at radius 3 is 2.28 bits per heavy atom. The van der Waals surface area contributed by atoms with Crippen molar-refractivity contribution in [3.05, 3.63) is 34.1 Å². The molecule has 0 N–H and O–H groups in total. The van der Waals surface area contributed by atoms with Crippen molar-refractivity contribution >= 4 is 27.7 Å². The number of amides is 2. The van der Waals surface area contributed by atoms with E-state index in [-0.39, 0.29) is 24.2 Å². The maximum atomic E-state index is 13.2. The first-order valence-corrected chi connectivity index (χ1v) is 6.64. The van der Waals surface area contributed by atoms with Gasteiger partial charge in [-0.25, -0.2) is 4.39 Å². The second kappa shape index (κ2) is 5.61. The number of carbonyl (C=O) groups excluding carboxylic acids is 2. The third-order valence-electron chi connectivity index (χ3n) is 2.90. The SMILES string of the molecule is O=C1CCCCC(=O)N1Cc1cc(F)cc(Br)c1. The highest BCUT2D eigenvalue weighted by Crippen LogP contribution is 2.19. The molecule has 1 aliphatic heterocycles. The summed E-state index contributed by atoms with van der Waals surface area (Å²) in [5.74, 6) is -0.718. The molecule has 0 spiro atoms. The fourth-order valence-corrected chi connectivity index (χ4v) is 2.54. The maximum absolute atomic E-state index is 13.2. The number of halogens is 2. The highest BCUT2D eigenvalue weighted by molar-refractivity contribution is 9.10. The molecule has 1 saturated heterocycles. The Bertz CT molecular complexity index is 452. The predicted molar refractivity (Wildman–Crippen MR) is 68.1 cm³/mol. The number of benzene rings is 1. The standard InChI is InChI=1S/C13H13BrFNO2/c14-10-5-9(6-11(15)7-10)8-16-12(17)3-1-2-4-13(16)18/h5-7H,1-4,8H2. The van der Waals surface area contributed by atoms with Gasteiger partial charge >= 0.3 is 0 Å². The Morgan fingerprint density at radius 1 is 1.11 bits per heavy atom. The second-order valence-corrected chi connectivity index (χ2v) is 5.27. The summed E-state index contributed by atoms with van der Waals surface area (Å²) in [7, 11) is 0. The minimum atomic E-state index is -0.380. The predicted octanol–water partition coefficient (Wildman–Crippen LogP) is 3.02. The van der Waals surface area contributed by atoms with Gasteiger partial charge in [0, 0.05) is 17.3 Å². The van der Waals surface area contributed by atoms with Crippen molar-refractivity contribution in [2.24, 2.45) is 0 Å². The summed E-state index contributed by atoms with van der Waals surface area (Å²) in [5.41, 5.74) is 0.616. The lowest BCUT2D eigenvalue weighted by Crippen LogP contribution is -2.34. The van der Waals surface area contributed by atoms with Gasteiger partial charge in [-0.05, 0) is 36.6 Å². The molecule has 1 aromatic carbocycles. The summed E-state index contributed by atoms with van der Waals surface area (Å²) in [6.07, 6.45) is 2.27. The zero-order valence-electron chi connectivity index (χ0n) is 9.79. The summed E-state index contributed by atoms with van der Waals surface area (Å²) in [6, 6.07) is 4.40. The number of rotatable bonds is 2. The molecular weight excluding hydrogens is 301 g/mol. The van der Waals surface area contributed by atoms with Crippen molar-refractivity contribution in [1.82, 2.24) is 4.90 Å². The average Bonchev–Trinajstić information content (AvgIpc) is 2.43. The summed E-state index contributed by atoms with van der Waals surface area (Å²) in [5, 5.41) is 0. The van der Waals surface area contributed by atoms with Crippen LogP contribution in [0.25, 0.3) is 0 Å². The van der Waals surface area contributed by atoms with Crippen LogP contribution < -0.4 is 0 Å². The Morgan fingerprint density at radius 2 is 1.72 bits per heavy atom. The van der Waals surface area contributed by atoms with E-state index in [0.717, 1.165) is 12.8 Å². The normalized spacial score (nSPS) is 16.9. The lowest BCUT2D eigenvalue weighted by atomic mass is 10.2. The van der Waals surface area contributed by atoms with E-state index >= 15 is 0 Å². The fourth-order valence-electron chi connectivity index (χ4n) is 2.02. The molecule has 1 aliphatic rings. The molecular formula is C13H13BrFNO2. The van der Waals surface area contributed by atoms with Crippen molar-refractivity contribution in [3.8, 4) is 0 Å². The van der Waals surface area contributed by atoms with E-state index < -0.39 is 0 Å². The molecule has 2 amide bonds. The van der Waals surface area contributed by atoms with Gasteiger partial charge in [-0.1, -0.05) is 15.9 Å². The average molecular weight is 314 g/mol. The van der Waals surface area contributed by atoms with Gasteiger partial charge in [0.2, 0.25) is 11.8 Å². The smallest absolute Gasteiger partial charge is 0.229 e. The van der Waals surface area contributed by atoms with Crippen molar-refractivity contribution in [2.75, 3.05) is 0 Å². The van der Waals surface area contributed by atoms with Gasteiger partial charge < -0.3 is 0 Å². The first-order chi connectivity index (χ1) is 8.56. The molecule has 0 aliphatic carbocycles. The minimum Gasteiger partial charge on any atom is -0.278 e. The third-order valence-corrected chi connectivity index (χ3v) is 3.35. The maximum Gasteiger partial charge on any atom is 0.229 e. The monoisotopic (exact) mass is 313 g/mol. The van der Waals surface area contributed by atoms with Crippen molar-refractivity contribution in [2.45, 2.75) is 32.2 Å². The van der Waals surface area contributed by atoms with Gasteiger partial charge in [-0.3, -0.25) is 14.5 Å². The van der Waals surface area contributed by atoms with Crippen LogP contribution in [0, 0.1) is 5.82 Å². The summed E-state index contributed by atoms with van der Waals surface area (Å²) in [4.78, 5) is 24.8. The number of imide groups is 1. The zero-order chi connectivity index (χ0) is 13.1. The summed E-state index contributed by atoms with van der Waals surface area (Å²) >= 11 is 3.20. The number of likely N-dealkylation sites (tertiary alicyclic amines) is 1. The lowest BCUT2D eigenvalue weighted by molar-refractivity contribution is -0.144. The lowest BCUT2D eigenvalue weighted by Gasteiger charge is -2.18. The van der Waals surface area contributed by atoms with Crippen LogP contribution in [0.4, 0.5) is 4.39 Å². The van der Waals surface area contributed by atoms with E-state index in [1.165, 1.54) is 17.0 Å². The van der Waals surface area contributed by atoms with Crippen LogP contribution in [0.15, 0.2) is 22.7 Å². The molecule has 1 heterocycles. The van der Waals surface area contributed by atoms with E-state index in [1.807, 2.05) is 0 Å². The molecule has 1 fully saturated rings. The largest absolute Gasteiger partial charge is 0.278 e. The third kappa shape index (κ3) is 3.16. The molecule has 3 nitrogen and oxygen atoms in total. The molecule has 18 heavy (non-hydrogen) atoms. The van der Waals surface area contributed by atoms with Crippen LogP contribution in [0.2, 0.25) is 0 Å². The Balaban J connectivity index is 2.20. The summed E-state index contributed by atoms with van der Waals surface area (Å²) in [6.45, 7) is 0.147. The van der Waals surface area contributed by atoms with Gasteiger partial charge in [-0.15, -0.1) is 0 Å². The number of hydrogen-bond donors (Lipinski definition) is 0. The van der Waals surface area contributed by atoms with E-state index in [2.05, 4.69) is 15.9 Å². The molecule has 1 aromatic rings. The minimum absolute atomic E-state index is 0.147. The molecule has 0 bridgehead atoms. The van der Waals surface area contributed by atoms with E-state index in [4.69, 9.17) is 0 Å². The Labute approximate surface area is 113 Å². The quantitative estimate of drug-likeness (QED) is 0.787. The van der Waals surface area contributed by atoms with Crippen molar-refractivity contribution < 1.29 is 14.0 Å². The zero-order valence-corrected chi connectivity index (χ0v) is 11.4. The van der Waals surface area contributed by atoms with E-state index in [1.54, 1.807) is 6.07 Å². The number of nitrogens with zero attached hydrogens (tertiary/aromatic N) is 1. The van der Waals surface area contributed by atoms with E-state index in [0.29, 0.717) is 22.9 Å². The molecule has 2 rings (SSSR count). The highest BCUT2D eigenvalue weighted by Gasteiger charge is 2.24. The molecule has 5 heteroatoms. The van der Waals surface area contributed by atoms with Crippen LogP contribution in [0.1, 0.15) is 31.2 Å². The van der Waals surface area contributed by atoms with Gasteiger partial charge in [0.1, 0.15) is 5.82 Å². The second-order valence-electron chi connectivity index (χ2n) is 4.36. The first-order valence-electron chi connectivity index (χ1n) is 5.84. The van der Waals surface area contributed by atoms with Crippen LogP contribution in [0.3, 0.4) is 0 Å². The summed E-state index contributed by atoms with van der Waals surface area (Å²) < 4.78 is 13.8. The highest BCUT2D eigenvalue weighted by atomic mass is 79.9. The fraction of sp³-hybridized carbons (Fsp3) is 0.385. The van der Waals surface area contributed by atoms with Crippen molar-refractivity contribution in [1.29, 1.82) is 0 Å². The van der Waals surface area contributed by atoms with Gasteiger partial charge in [-0.2, -0.15) is 0 Å². The molecule has 96 valence electrons. The molecule has 0 unspecified atom stereocenters. The van der Waals surface area contributed by atoms with Crippen molar-refractivity contribution in [3.63, 3.8) is 0 Å². The van der Waals surface area contributed by atoms with Crippen LogP contribution in [-0.2, 0) is 16.1 Å². The first kappa shape index (κ1) is 13.2. The van der Waals surface area contributed by atoms with Gasteiger partial charge in [0.25, 0.3) is 0 Å². The molecule has 0 saturated carbocycles.